The van der Waals surface area contributed by atoms with Gasteiger partial charge < -0.3 is 5.32 Å². The third-order valence-electron chi connectivity index (χ3n) is 3.08. The van der Waals surface area contributed by atoms with Crippen molar-refractivity contribution in [3.05, 3.63) is 41.6 Å². The maximum Gasteiger partial charge on any atom is 0.0942 e. The molecule has 0 bridgehead atoms. The summed E-state index contributed by atoms with van der Waals surface area (Å²) in [6.45, 7) is 3.08. The van der Waals surface area contributed by atoms with Crippen molar-refractivity contribution in [2.45, 2.75) is 13.3 Å². The van der Waals surface area contributed by atoms with E-state index in [2.05, 4.69) is 41.5 Å². The lowest BCUT2D eigenvalue weighted by Gasteiger charge is -2.17. The lowest BCUT2D eigenvalue weighted by molar-refractivity contribution is 1.15. The van der Waals surface area contributed by atoms with Crippen molar-refractivity contribution in [2.75, 3.05) is 11.9 Å². The van der Waals surface area contributed by atoms with Gasteiger partial charge in [-0.3, -0.25) is 4.98 Å². The van der Waals surface area contributed by atoms with Gasteiger partial charge in [0.1, 0.15) is 0 Å². The number of benzene rings is 1. The molecule has 2 heterocycles. The van der Waals surface area contributed by atoms with Crippen LogP contribution in [0.1, 0.15) is 18.1 Å². The molecule has 1 aliphatic rings. The highest BCUT2D eigenvalue weighted by molar-refractivity contribution is 5.98. The number of rotatable bonds is 1. The molecule has 0 fully saturated rings. The van der Waals surface area contributed by atoms with Crippen LogP contribution < -0.4 is 5.32 Å². The molecule has 1 N–H and O–H groups in total. The maximum atomic E-state index is 4.51. The molecular weight excluding hydrogens is 196 g/mol. The van der Waals surface area contributed by atoms with Crippen molar-refractivity contribution in [1.82, 2.24) is 4.98 Å². The van der Waals surface area contributed by atoms with Crippen LogP contribution in [0.2, 0.25) is 0 Å². The van der Waals surface area contributed by atoms with Crippen LogP contribution in [0.4, 0.5) is 5.69 Å². The van der Waals surface area contributed by atoms with E-state index >= 15 is 0 Å². The Kier molecular flexibility index (Phi) is 2.13. The van der Waals surface area contributed by atoms with Gasteiger partial charge in [-0.15, -0.1) is 0 Å². The molecular formula is C14H14N2. The predicted molar refractivity (Wildman–Crippen MR) is 68.6 cm³/mol. The van der Waals surface area contributed by atoms with E-state index in [-0.39, 0.29) is 0 Å². The Labute approximate surface area is 95.0 Å². The van der Waals surface area contributed by atoms with Crippen LogP contribution in [0.25, 0.3) is 17.0 Å². The van der Waals surface area contributed by atoms with Crippen LogP contribution in [0.3, 0.4) is 0 Å². The first kappa shape index (κ1) is 9.40. The zero-order valence-corrected chi connectivity index (χ0v) is 9.33. The molecule has 2 aromatic rings. The van der Waals surface area contributed by atoms with E-state index in [1.807, 2.05) is 12.3 Å². The molecule has 2 heteroatoms. The van der Waals surface area contributed by atoms with Crippen molar-refractivity contribution < 1.29 is 0 Å². The number of aryl methyl sites for hydroxylation is 1. The van der Waals surface area contributed by atoms with Gasteiger partial charge in [-0.25, -0.2) is 0 Å². The minimum atomic E-state index is 0.893. The Morgan fingerprint density at radius 1 is 1.44 bits per heavy atom. The van der Waals surface area contributed by atoms with Crippen LogP contribution in [-0.4, -0.2) is 11.5 Å². The fourth-order valence-corrected chi connectivity index (χ4v) is 2.29. The smallest absolute Gasteiger partial charge is 0.0942 e. The van der Waals surface area contributed by atoms with Gasteiger partial charge in [0.2, 0.25) is 0 Å². The van der Waals surface area contributed by atoms with Gasteiger partial charge in [0.15, 0.2) is 0 Å². The second kappa shape index (κ2) is 3.63. The number of hydrogen-bond donors (Lipinski definition) is 1. The fourth-order valence-electron chi connectivity index (χ4n) is 2.29. The summed E-state index contributed by atoms with van der Waals surface area (Å²) in [6.07, 6.45) is 7.24. The number of fused-ring (bicyclic) bond motifs is 3. The van der Waals surface area contributed by atoms with Crippen LogP contribution in [0, 0.1) is 0 Å². The molecule has 0 saturated heterocycles. The first-order chi connectivity index (χ1) is 7.90. The minimum absolute atomic E-state index is 0.893. The molecule has 0 radical (unpaired) electrons. The van der Waals surface area contributed by atoms with Crippen LogP contribution in [0.5, 0.6) is 0 Å². The lowest BCUT2D eigenvalue weighted by Crippen LogP contribution is -2.06. The molecule has 1 aromatic carbocycles. The third kappa shape index (κ3) is 1.30. The van der Waals surface area contributed by atoms with Crippen LogP contribution in [0.15, 0.2) is 30.5 Å². The molecule has 16 heavy (non-hydrogen) atoms. The van der Waals surface area contributed by atoms with Gasteiger partial charge in [0.25, 0.3) is 0 Å². The van der Waals surface area contributed by atoms with E-state index in [1.54, 1.807) is 0 Å². The predicted octanol–water partition coefficient (Wildman–Crippen LogP) is 3.24. The minimum Gasteiger partial charge on any atom is -0.379 e. The van der Waals surface area contributed by atoms with E-state index in [0.717, 1.165) is 18.5 Å². The number of nitrogens with one attached hydrogen (secondary N) is 1. The summed E-state index contributed by atoms with van der Waals surface area (Å²) in [5.74, 6) is 0. The fraction of sp³-hybridized carbons (Fsp3) is 0.214. The Balaban J connectivity index is 2.41. The van der Waals surface area contributed by atoms with Crippen molar-refractivity contribution in [2.24, 2.45) is 0 Å². The van der Waals surface area contributed by atoms with E-state index in [4.69, 9.17) is 0 Å². The molecule has 0 atom stereocenters. The monoisotopic (exact) mass is 210 g/mol. The average Bonchev–Trinajstić information content (AvgIpc) is 2.38. The van der Waals surface area contributed by atoms with E-state index < -0.39 is 0 Å². The van der Waals surface area contributed by atoms with E-state index in [0.29, 0.717) is 0 Å². The molecule has 3 rings (SSSR count). The zero-order chi connectivity index (χ0) is 11.0. The number of aromatic nitrogens is 1. The Bertz CT molecular complexity index is 570. The average molecular weight is 210 g/mol. The summed E-state index contributed by atoms with van der Waals surface area (Å²) < 4.78 is 0. The molecule has 0 saturated carbocycles. The Morgan fingerprint density at radius 3 is 3.25 bits per heavy atom. The highest BCUT2D eigenvalue weighted by Crippen LogP contribution is 2.31. The zero-order valence-electron chi connectivity index (χ0n) is 9.33. The topological polar surface area (TPSA) is 24.9 Å². The Morgan fingerprint density at radius 2 is 2.38 bits per heavy atom. The summed E-state index contributed by atoms with van der Waals surface area (Å²) in [7, 11) is 0. The lowest BCUT2D eigenvalue weighted by atomic mass is 9.98. The van der Waals surface area contributed by atoms with Crippen molar-refractivity contribution >= 4 is 22.7 Å². The SMILES string of the molecule is CCc1cc2c(c3ncccc13)NCC=C2. The number of pyridine rings is 1. The molecule has 80 valence electrons. The second-order valence-electron chi connectivity index (χ2n) is 4.04. The molecule has 0 aliphatic carbocycles. The first-order valence-corrected chi connectivity index (χ1v) is 5.71. The van der Waals surface area contributed by atoms with Crippen LogP contribution in [-0.2, 0) is 6.42 Å². The molecule has 0 unspecified atom stereocenters. The summed E-state index contributed by atoms with van der Waals surface area (Å²) in [4.78, 5) is 4.51. The Hall–Kier alpha value is -1.83. The van der Waals surface area contributed by atoms with Gasteiger partial charge in [0, 0.05) is 18.1 Å². The largest absolute Gasteiger partial charge is 0.379 e. The van der Waals surface area contributed by atoms with E-state index in [9.17, 15) is 0 Å². The van der Waals surface area contributed by atoms with Gasteiger partial charge in [0.05, 0.1) is 11.2 Å². The number of nitrogens with zero attached hydrogens (tertiary/aromatic N) is 1. The highest BCUT2D eigenvalue weighted by Gasteiger charge is 2.11. The van der Waals surface area contributed by atoms with Gasteiger partial charge in [-0.1, -0.05) is 25.1 Å². The van der Waals surface area contributed by atoms with Gasteiger partial charge in [-0.2, -0.15) is 0 Å². The molecule has 1 aromatic heterocycles. The number of anilines is 1. The highest BCUT2D eigenvalue weighted by atomic mass is 14.9. The van der Waals surface area contributed by atoms with Crippen LogP contribution >= 0.6 is 0 Å². The standard InChI is InChI=1S/C14H14N2/c1-2-10-9-11-5-3-7-15-13(11)14-12(10)6-4-8-16-14/h3-6,8-9,15H,2,7H2,1H3. The number of hydrogen-bond acceptors (Lipinski definition) is 2. The summed E-state index contributed by atoms with van der Waals surface area (Å²) >= 11 is 0. The van der Waals surface area contributed by atoms with Gasteiger partial charge >= 0.3 is 0 Å². The second-order valence-corrected chi connectivity index (χ2v) is 4.04. The summed E-state index contributed by atoms with van der Waals surface area (Å²) in [5, 5.41) is 4.68. The molecule has 0 spiro atoms. The van der Waals surface area contributed by atoms with Crippen molar-refractivity contribution in [1.29, 1.82) is 0 Å². The quantitative estimate of drug-likeness (QED) is 0.781. The normalized spacial score (nSPS) is 13.6. The molecule has 1 aliphatic heterocycles. The maximum absolute atomic E-state index is 4.51. The molecule has 2 nitrogen and oxygen atoms in total. The van der Waals surface area contributed by atoms with Gasteiger partial charge in [-0.05, 0) is 29.7 Å². The van der Waals surface area contributed by atoms with Crippen molar-refractivity contribution in [3.63, 3.8) is 0 Å². The van der Waals surface area contributed by atoms with E-state index in [1.165, 1.54) is 22.2 Å². The third-order valence-corrected chi connectivity index (χ3v) is 3.08. The molecule has 0 amide bonds. The summed E-state index contributed by atoms with van der Waals surface area (Å²) in [6, 6.07) is 6.43. The first-order valence-electron chi connectivity index (χ1n) is 5.71. The summed E-state index contributed by atoms with van der Waals surface area (Å²) in [5.41, 5.74) is 4.90. The van der Waals surface area contributed by atoms with Crippen molar-refractivity contribution in [3.8, 4) is 0 Å².